The number of benzene rings is 4. The van der Waals surface area contributed by atoms with E-state index in [2.05, 4.69) is 195 Å². The molecule has 7 aromatic rings. The minimum absolute atomic E-state index is 0. The summed E-state index contributed by atoms with van der Waals surface area (Å²) in [5, 5.41) is 3.78. The van der Waals surface area contributed by atoms with Crippen LogP contribution < -0.4 is 64.6 Å². The van der Waals surface area contributed by atoms with Crippen LogP contribution in [-0.2, 0) is 19.6 Å². The zero-order valence-corrected chi connectivity index (χ0v) is 35.0. The van der Waals surface area contributed by atoms with Gasteiger partial charge in [0.1, 0.15) is 19.6 Å². The van der Waals surface area contributed by atoms with E-state index in [9.17, 15) is 0 Å². The fourth-order valence-corrected chi connectivity index (χ4v) is 6.60. The third-order valence-corrected chi connectivity index (χ3v) is 9.10. The first-order chi connectivity index (χ1) is 25.3. The number of aryl methyl sites for hydroxylation is 3. The molecule has 3 heterocycles. The van der Waals surface area contributed by atoms with Crippen molar-refractivity contribution < 1.29 is 64.6 Å². The summed E-state index contributed by atoms with van der Waals surface area (Å²) in [5.74, 6) is 20.6. The SMILES string of the molecule is C(#Cc1cc(C#CCCC[n+]2cccc3ccccc32)cc(C#CCCC[n+]2cccc3ccccc32)c1)CCC[n+]1cccc2ccccc21.[Br-].[Br-].[Br-]. The average molecular weight is 901 g/mol. The Kier molecular flexibility index (Phi) is 17.0. The molecular weight excluding hydrogens is 858 g/mol. The van der Waals surface area contributed by atoms with Crippen molar-refractivity contribution in [3.05, 3.63) is 163 Å². The third-order valence-electron chi connectivity index (χ3n) is 9.10. The van der Waals surface area contributed by atoms with E-state index < -0.39 is 0 Å². The molecule has 0 spiro atoms. The molecule has 3 nitrogen and oxygen atoms in total. The van der Waals surface area contributed by atoms with Gasteiger partial charge in [0.05, 0.1) is 0 Å². The van der Waals surface area contributed by atoms with E-state index in [0.29, 0.717) is 0 Å². The Bertz CT molecular complexity index is 2200. The number of unbranched alkanes of at least 4 members (excludes halogenated alkanes) is 3. The predicted octanol–water partition coefficient (Wildman–Crippen LogP) is -0.484. The molecule has 0 aliphatic heterocycles. The van der Waals surface area contributed by atoms with Crippen LogP contribution in [0.2, 0.25) is 0 Å². The third kappa shape index (κ3) is 11.4. The standard InChI is InChI=1S/C48H42N3.3BrH/c1(13-31-49-34-16-25-43-22-7-10-28-46(43)49)4-19-40-37-41(20-5-2-14-32-50-35-17-26-44-23-8-11-29-47(44)50)39-42(38-40)21-6-3-15-33-51-36-18-27-45-24-9-12-30-48(45)51;;;/h7-12,16-18,22-30,34-39H,1-3,13-15,31-33H2;3*1H/q+3;;;/p-3. The van der Waals surface area contributed by atoms with E-state index >= 15 is 0 Å². The molecule has 0 unspecified atom stereocenters. The molecule has 0 atom stereocenters. The van der Waals surface area contributed by atoms with Crippen molar-refractivity contribution in [2.75, 3.05) is 0 Å². The molecule has 54 heavy (non-hydrogen) atoms. The number of nitrogens with zero attached hydrogens (tertiary/aromatic N) is 3. The van der Waals surface area contributed by atoms with Crippen LogP contribution in [0, 0.1) is 35.5 Å². The number of fused-ring (bicyclic) bond motifs is 3. The summed E-state index contributed by atoms with van der Waals surface area (Å²) in [4.78, 5) is 0. The lowest BCUT2D eigenvalue weighted by atomic mass is 10.1. The molecule has 6 heteroatoms. The summed E-state index contributed by atoms with van der Waals surface area (Å²) in [7, 11) is 0. The Morgan fingerprint density at radius 3 is 0.944 bits per heavy atom. The molecule has 3 aromatic heterocycles. The molecule has 0 N–H and O–H groups in total. The summed E-state index contributed by atoms with van der Waals surface area (Å²) in [5.41, 5.74) is 6.70. The van der Waals surface area contributed by atoms with E-state index in [1.165, 1.54) is 32.7 Å². The minimum atomic E-state index is 0. The van der Waals surface area contributed by atoms with Gasteiger partial charge >= 0.3 is 0 Å². The van der Waals surface area contributed by atoms with Gasteiger partial charge in [-0.15, -0.1) is 0 Å². The maximum absolute atomic E-state index is 3.43. The van der Waals surface area contributed by atoms with Crippen LogP contribution in [0.1, 0.15) is 55.2 Å². The Morgan fingerprint density at radius 2 is 0.630 bits per heavy atom. The number of halogens is 3. The van der Waals surface area contributed by atoms with Crippen LogP contribution in [0.4, 0.5) is 0 Å². The van der Waals surface area contributed by atoms with Crippen LogP contribution in [0.25, 0.3) is 32.7 Å². The second-order valence-electron chi connectivity index (χ2n) is 12.8. The second kappa shape index (κ2) is 21.8. The van der Waals surface area contributed by atoms with Crippen molar-refractivity contribution in [2.45, 2.75) is 58.2 Å². The highest BCUT2D eigenvalue weighted by atomic mass is 79.9. The fraction of sp³-hybridized carbons (Fsp3) is 0.188. The number of para-hydroxylation sites is 3. The first-order valence-electron chi connectivity index (χ1n) is 18.0. The number of hydrogen-bond acceptors (Lipinski definition) is 0. The monoisotopic (exact) mass is 897 g/mol. The summed E-state index contributed by atoms with van der Waals surface area (Å²) in [6, 6.07) is 44.8. The quantitative estimate of drug-likeness (QED) is 0.106. The smallest absolute Gasteiger partial charge is 0.212 e. The summed E-state index contributed by atoms with van der Waals surface area (Å²) in [6.45, 7) is 2.81. The highest BCUT2D eigenvalue weighted by Crippen LogP contribution is 2.12. The van der Waals surface area contributed by atoms with Gasteiger partial charge in [0.15, 0.2) is 18.6 Å². The molecule has 0 aliphatic rings. The molecule has 0 saturated heterocycles. The number of rotatable bonds is 9. The number of pyridine rings is 3. The average Bonchev–Trinajstić information content (AvgIpc) is 3.17. The highest BCUT2D eigenvalue weighted by molar-refractivity contribution is 5.76. The van der Waals surface area contributed by atoms with Crippen molar-refractivity contribution in [3.63, 3.8) is 0 Å². The molecule has 0 radical (unpaired) electrons. The highest BCUT2D eigenvalue weighted by Gasteiger charge is 2.08. The van der Waals surface area contributed by atoms with Crippen molar-refractivity contribution in [3.8, 4) is 35.5 Å². The van der Waals surface area contributed by atoms with E-state index in [0.717, 1.165) is 74.8 Å². The van der Waals surface area contributed by atoms with Crippen molar-refractivity contribution in [1.29, 1.82) is 0 Å². The van der Waals surface area contributed by atoms with Gasteiger partial charge in [-0.05, 0) is 54.6 Å². The van der Waals surface area contributed by atoms with Gasteiger partial charge in [0, 0.05) is 108 Å². The van der Waals surface area contributed by atoms with E-state index in [1.54, 1.807) is 0 Å². The first-order valence-corrected chi connectivity index (χ1v) is 18.0. The van der Waals surface area contributed by atoms with Crippen molar-refractivity contribution in [1.82, 2.24) is 0 Å². The van der Waals surface area contributed by atoms with Crippen molar-refractivity contribution in [2.24, 2.45) is 0 Å². The maximum Gasteiger partial charge on any atom is 0.212 e. The summed E-state index contributed by atoms with van der Waals surface area (Å²) < 4.78 is 6.95. The van der Waals surface area contributed by atoms with Crippen LogP contribution in [-0.4, -0.2) is 0 Å². The van der Waals surface area contributed by atoms with E-state index in [-0.39, 0.29) is 50.9 Å². The van der Waals surface area contributed by atoms with E-state index in [4.69, 9.17) is 0 Å². The summed E-state index contributed by atoms with van der Waals surface area (Å²) in [6.07, 6.45) is 11.9. The number of hydrogen-bond donors (Lipinski definition) is 0. The van der Waals surface area contributed by atoms with Gasteiger partial charge in [-0.25, -0.2) is 0 Å². The molecule has 0 amide bonds. The molecule has 4 aromatic carbocycles. The summed E-state index contributed by atoms with van der Waals surface area (Å²) >= 11 is 0. The van der Waals surface area contributed by atoms with E-state index in [1.807, 2.05) is 0 Å². The van der Waals surface area contributed by atoms with Gasteiger partial charge in [-0.3, -0.25) is 0 Å². The van der Waals surface area contributed by atoms with Crippen LogP contribution in [0.5, 0.6) is 0 Å². The Balaban J connectivity index is 0.00000217. The van der Waals surface area contributed by atoms with Gasteiger partial charge in [-0.1, -0.05) is 71.9 Å². The molecular formula is C48H42Br3N3. The van der Waals surface area contributed by atoms with Gasteiger partial charge in [0.25, 0.3) is 0 Å². The lowest BCUT2D eigenvalue weighted by molar-refractivity contribution is -0.671. The molecule has 0 fully saturated rings. The lowest BCUT2D eigenvalue weighted by Crippen LogP contribution is -3.00. The maximum atomic E-state index is 3.43. The Morgan fingerprint density at radius 1 is 0.352 bits per heavy atom. The molecule has 0 bridgehead atoms. The van der Waals surface area contributed by atoms with Gasteiger partial charge < -0.3 is 50.9 Å². The molecule has 0 aliphatic carbocycles. The normalized spacial score (nSPS) is 10.0. The second-order valence-corrected chi connectivity index (χ2v) is 12.8. The topological polar surface area (TPSA) is 11.6 Å². The van der Waals surface area contributed by atoms with Gasteiger partial charge in [0.2, 0.25) is 16.6 Å². The zero-order chi connectivity index (χ0) is 34.5. The van der Waals surface area contributed by atoms with Crippen LogP contribution >= 0.6 is 0 Å². The minimum Gasteiger partial charge on any atom is -1.00 e. The molecule has 0 saturated carbocycles. The van der Waals surface area contributed by atoms with Gasteiger partial charge in [-0.2, -0.15) is 13.7 Å². The lowest BCUT2D eigenvalue weighted by Gasteiger charge is -2.00. The number of aromatic nitrogens is 3. The fourth-order valence-electron chi connectivity index (χ4n) is 6.60. The van der Waals surface area contributed by atoms with Crippen LogP contribution in [0.15, 0.2) is 146 Å². The molecule has 270 valence electrons. The Labute approximate surface area is 351 Å². The van der Waals surface area contributed by atoms with Crippen LogP contribution in [0.3, 0.4) is 0 Å². The first kappa shape index (κ1) is 42.0. The Hall–Kier alpha value is -4.77. The predicted molar refractivity (Wildman–Crippen MR) is 207 cm³/mol. The van der Waals surface area contributed by atoms with Crippen molar-refractivity contribution >= 4 is 32.7 Å². The largest absolute Gasteiger partial charge is 1.00 e. The molecule has 7 rings (SSSR count). The zero-order valence-electron chi connectivity index (χ0n) is 30.2.